The molecule has 0 saturated heterocycles. The summed E-state index contributed by atoms with van der Waals surface area (Å²) in [5.41, 5.74) is 2.36. The second kappa shape index (κ2) is 14.2. The molecule has 7 atom stereocenters. The van der Waals surface area contributed by atoms with E-state index < -0.39 is 15.2 Å². The van der Waals surface area contributed by atoms with E-state index >= 15 is 0 Å². The molecule has 0 spiro atoms. The third-order valence-electron chi connectivity index (χ3n) is 11.1. The average molecular weight is 556 g/mol. The van der Waals surface area contributed by atoms with Crippen molar-refractivity contribution in [1.29, 1.82) is 0 Å². The van der Waals surface area contributed by atoms with Crippen LogP contribution in [0.15, 0.2) is 0 Å². The second-order valence-corrected chi connectivity index (χ2v) is 28.7. The van der Waals surface area contributed by atoms with E-state index in [1.807, 2.05) is 0 Å². The first-order chi connectivity index (χ1) is 12.8. The Morgan fingerprint density at radius 2 is 1.28 bits per heavy atom. The molecule has 4 aliphatic rings. The Morgan fingerprint density at radius 3 is 1.91 bits per heavy atom. The minimum Gasteiger partial charge on any atom is -0.358 e. The van der Waals surface area contributed by atoms with Crippen molar-refractivity contribution in [3.63, 3.8) is 0 Å². The molecular weight excluding hydrogens is 496 g/mol. The summed E-state index contributed by atoms with van der Waals surface area (Å²) in [5.74, 6) is 5.69. The fourth-order valence-corrected chi connectivity index (χ4v) is 22.7. The molecule has 188 valence electrons. The van der Waals surface area contributed by atoms with Gasteiger partial charge >= 0.3 is 26.2 Å². The Kier molecular flexibility index (Phi) is 15.7. The van der Waals surface area contributed by atoms with E-state index in [-0.39, 0.29) is 55.9 Å². The van der Waals surface area contributed by atoms with Crippen LogP contribution < -0.4 is 0 Å². The molecule has 4 fully saturated rings. The van der Waals surface area contributed by atoms with E-state index in [0.717, 1.165) is 29.6 Å². The van der Waals surface area contributed by atoms with Crippen LogP contribution in [0.25, 0.3) is 0 Å². The van der Waals surface area contributed by atoms with Gasteiger partial charge in [0.2, 0.25) is 0 Å². The molecule has 0 N–H and O–H groups in total. The maximum Gasteiger partial charge on any atom is 4.00 e. The molecule has 0 bridgehead atoms. The minimum absolute atomic E-state index is 0. The van der Waals surface area contributed by atoms with Gasteiger partial charge in [0.15, 0.2) is 0 Å². The van der Waals surface area contributed by atoms with Crippen molar-refractivity contribution in [2.75, 3.05) is 0 Å². The number of unbranched alkanes of at least 4 members (excludes halogenated alkanes) is 1. The molecule has 3 heteroatoms. The summed E-state index contributed by atoms with van der Waals surface area (Å²) in [6.45, 7) is 13.9. The van der Waals surface area contributed by atoms with Crippen LogP contribution in [0.5, 0.6) is 0 Å². The van der Waals surface area contributed by atoms with Crippen LogP contribution in [0.2, 0.25) is 37.3 Å². The summed E-state index contributed by atoms with van der Waals surface area (Å²) in [6, 6.07) is 0. The van der Waals surface area contributed by atoms with Gasteiger partial charge in [-0.15, -0.1) is 0 Å². The number of rotatable bonds is 6. The monoisotopic (exact) mass is 554 g/mol. The van der Waals surface area contributed by atoms with Gasteiger partial charge in [0, 0.05) is 15.2 Å². The molecule has 0 radical (unpaired) electrons. The molecule has 4 aliphatic carbocycles. The first kappa shape index (κ1) is 35.5. The smallest absolute Gasteiger partial charge is 0.358 e. The molecular formula is C29H60Si2Zr. The van der Waals surface area contributed by atoms with Crippen molar-refractivity contribution in [3.8, 4) is 0 Å². The van der Waals surface area contributed by atoms with Gasteiger partial charge in [-0.2, -0.15) is 0 Å². The van der Waals surface area contributed by atoms with Crippen molar-refractivity contribution >= 4 is 15.2 Å². The number of fused-ring (bicyclic) bond motifs is 2. The Labute approximate surface area is 227 Å². The van der Waals surface area contributed by atoms with Crippen molar-refractivity contribution in [2.24, 2.45) is 29.6 Å². The SMILES string of the molecule is CCCCC1CCC([Si](C)(C)[Si](C)(C)C2CCC3CC4CCCC4CC32)C1.[CH3-].[CH3-].[CH3-].[CH3-].[Zr+4]. The molecule has 32 heavy (non-hydrogen) atoms. The van der Waals surface area contributed by atoms with E-state index in [4.69, 9.17) is 0 Å². The van der Waals surface area contributed by atoms with E-state index in [0.29, 0.717) is 0 Å². The Balaban J connectivity index is 0. The molecule has 0 aromatic heterocycles. The van der Waals surface area contributed by atoms with Crippen molar-refractivity contribution in [3.05, 3.63) is 29.7 Å². The van der Waals surface area contributed by atoms with Gasteiger partial charge in [-0.3, -0.25) is 0 Å². The van der Waals surface area contributed by atoms with Crippen LogP contribution >= 0.6 is 0 Å². The maximum atomic E-state index is 2.90. The quantitative estimate of drug-likeness (QED) is 0.226. The molecule has 0 aromatic rings. The predicted molar refractivity (Wildman–Crippen MR) is 151 cm³/mol. The van der Waals surface area contributed by atoms with E-state index in [1.54, 1.807) is 64.2 Å². The fraction of sp³-hybridized carbons (Fsp3) is 0.862. The first-order valence-corrected chi connectivity index (χ1v) is 20.0. The third-order valence-corrected chi connectivity index (χ3v) is 31.8. The van der Waals surface area contributed by atoms with Crippen LogP contribution in [0.4, 0.5) is 0 Å². The standard InChI is InChI=1S/C25H48Si2.4CH3.Zr/c1-6-7-9-19-12-14-23(16-19)26(2,3)27(4,5)25-15-13-22-17-20-10-8-11-21(20)18-24(22)25;;;;;/h19-25H,6-18H2,1-5H3;4*1H3;/q;4*-1;+4. The van der Waals surface area contributed by atoms with Gasteiger partial charge in [0.25, 0.3) is 0 Å². The van der Waals surface area contributed by atoms with Crippen molar-refractivity contribution in [1.82, 2.24) is 0 Å². The van der Waals surface area contributed by atoms with Gasteiger partial charge in [-0.25, -0.2) is 0 Å². The summed E-state index contributed by atoms with van der Waals surface area (Å²) < 4.78 is 0. The van der Waals surface area contributed by atoms with Crippen molar-refractivity contribution < 1.29 is 26.2 Å². The predicted octanol–water partition coefficient (Wildman–Crippen LogP) is 10.2. The summed E-state index contributed by atoms with van der Waals surface area (Å²) >= 11 is 0. The average Bonchev–Trinajstić information content (AvgIpc) is 3.36. The number of hydrogen-bond acceptors (Lipinski definition) is 0. The van der Waals surface area contributed by atoms with E-state index in [1.165, 1.54) is 30.3 Å². The zero-order chi connectivity index (χ0) is 19.2. The first-order valence-electron chi connectivity index (χ1n) is 12.8. The fourth-order valence-electron chi connectivity index (χ4n) is 8.66. The zero-order valence-corrected chi connectivity index (χ0v) is 28.2. The minimum atomic E-state index is -1.14. The molecule has 0 aromatic carbocycles. The summed E-state index contributed by atoms with van der Waals surface area (Å²) in [6.07, 6.45) is 20.5. The molecule has 0 aliphatic heterocycles. The molecule has 0 heterocycles. The Hall–Kier alpha value is 1.32. The molecule has 4 saturated carbocycles. The van der Waals surface area contributed by atoms with Crippen LogP contribution in [0.3, 0.4) is 0 Å². The summed E-state index contributed by atoms with van der Waals surface area (Å²) in [7, 11) is -2.25. The topological polar surface area (TPSA) is 0 Å². The van der Waals surface area contributed by atoms with Crippen LogP contribution in [-0.4, -0.2) is 15.2 Å². The zero-order valence-electron chi connectivity index (χ0n) is 23.7. The van der Waals surface area contributed by atoms with Crippen LogP contribution in [0.1, 0.15) is 90.4 Å². The Bertz CT molecular complexity index is 517. The van der Waals surface area contributed by atoms with Crippen LogP contribution in [0, 0.1) is 59.3 Å². The molecule has 0 amide bonds. The van der Waals surface area contributed by atoms with Gasteiger partial charge in [-0.05, 0) is 53.5 Å². The summed E-state index contributed by atoms with van der Waals surface area (Å²) in [4.78, 5) is 0. The van der Waals surface area contributed by atoms with Gasteiger partial charge in [0.05, 0.1) is 0 Å². The maximum absolute atomic E-state index is 2.90. The van der Waals surface area contributed by atoms with E-state index in [2.05, 4.69) is 33.1 Å². The number of hydrogen-bond donors (Lipinski definition) is 0. The Morgan fingerprint density at radius 1 is 0.656 bits per heavy atom. The molecule has 4 rings (SSSR count). The van der Waals surface area contributed by atoms with Crippen LogP contribution in [-0.2, 0) is 26.2 Å². The largest absolute Gasteiger partial charge is 4.00 e. The second-order valence-electron chi connectivity index (χ2n) is 12.5. The molecule has 7 unspecified atom stereocenters. The van der Waals surface area contributed by atoms with E-state index in [9.17, 15) is 0 Å². The normalized spacial score (nSPS) is 35.7. The van der Waals surface area contributed by atoms with Gasteiger partial charge in [0.1, 0.15) is 0 Å². The van der Waals surface area contributed by atoms with Gasteiger partial charge in [-0.1, -0.05) is 104 Å². The molecule has 0 nitrogen and oxygen atoms in total. The van der Waals surface area contributed by atoms with Crippen molar-refractivity contribution in [2.45, 2.75) is 128 Å². The van der Waals surface area contributed by atoms with Gasteiger partial charge < -0.3 is 29.7 Å². The summed E-state index contributed by atoms with van der Waals surface area (Å²) in [5, 5.41) is 0. The third kappa shape index (κ3) is 6.54.